The summed E-state index contributed by atoms with van der Waals surface area (Å²) in [6.45, 7) is 9.29. The number of hydrogen-bond donors (Lipinski definition) is 1. The second kappa shape index (κ2) is 6.02. The quantitative estimate of drug-likeness (QED) is 0.894. The molecule has 110 valence electrons. The molecule has 20 heavy (non-hydrogen) atoms. The maximum Gasteiger partial charge on any atom is 0.231 e. The lowest BCUT2D eigenvalue weighted by Gasteiger charge is -2.20. The first-order valence-corrected chi connectivity index (χ1v) is 7.56. The summed E-state index contributed by atoms with van der Waals surface area (Å²) in [5, 5.41) is 3.57. The van der Waals surface area contributed by atoms with Gasteiger partial charge in [-0.1, -0.05) is 12.1 Å². The van der Waals surface area contributed by atoms with Gasteiger partial charge in [-0.05, 0) is 45.3 Å². The van der Waals surface area contributed by atoms with E-state index in [1.807, 2.05) is 12.1 Å². The standard InChI is InChI=1S/C16H24N2O2/c1-12(2)18-7-6-13(10-18)8-17-9-14-4-3-5-15-16(14)20-11-19-15/h3-5,12-13,17H,6-11H2,1-2H3. The highest BCUT2D eigenvalue weighted by molar-refractivity contribution is 5.48. The molecule has 0 aromatic heterocycles. The molecule has 1 atom stereocenters. The minimum absolute atomic E-state index is 0.346. The fraction of sp³-hybridized carbons (Fsp3) is 0.625. The van der Waals surface area contributed by atoms with Crippen molar-refractivity contribution in [2.24, 2.45) is 5.92 Å². The highest BCUT2D eigenvalue weighted by Gasteiger charge is 2.24. The summed E-state index contributed by atoms with van der Waals surface area (Å²) in [5.74, 6) is 2.55. The second-order valence-corrected chi connectivity index (χ2v) is 6.03. The number of para-hydroxylation sites is 1. The zero-order valence-electron chi connectivity index (χ0n) is 12.4. The Labute approximate surface area is 121 Å². The predicted octanol–water partition coefficient (Wildman–Crippen LogP) is 2.24. The first-order valence-electron chi connectivity index (χ1n) is 7.56. The molecule has 0 bridgehead atoms. The number of benzene rings is 1. The highest BCUT2D eigenvalue weighted by Crippen LogP contribution is 2.35. The van der Waals surface area contributed by atoms with Crippen LogP contribution in [0.15, 0.2) is 18.2 Å². The monoisotopic (exact) mass is 276 g/mol. The van der Waals surface area contributed by atoms with Crippen molar-refractivity contribution in [3.05, 3.63) is 23.8 Å². The Hall–Kier alpha value is -1.26. The largest absolute Gasteiger partial charge is 0.454 e. The van der Waals surface area contributed by atoms with E-state index in [1.54, 1.807) is 0 Å². The maximum atomic E-state index is 5.53. The number of rotatable bonds is 5. The lowest BCUT2D eigenvalue weighted by molar-refractivity contribution is 0.173. The van der Waals surface area contributed by atoms with Crippen molar-refractivity contribution in [2.75, 3.05) is 26.4 Å². The number of fused-ring (bicyclic) bond motifs is 1. The topological polar surface area (TPSA) is 33.7 Å². The lowest BCUT2D eigenvalue weighted by atomic mass is 10.1. The van der Waals surface area contributed by atoms with Crippen molar-refractivity contribution >= 4 is 0 Å². The summed E-state index contributed by atoms with van der Waals surface area (Å²) < 4.78 is 10.9. The van der Waals surface area contributed by atoms with Gasteiger partial charge in [0, 0.05) is 24.7 Å². The van der Waals surface area contributed by atoms with Crippen LogP contribution < -0.4 is 14.8 Å². The van der Waals surface area contributed by atoms with Gasteiger partial charge in [-0.15, -0.1) is 0 Å². The molecule has 0 saturated carbocycles. The van der Waals surface area contributed by atoms with Crippen LogP contribution in [-0.4, -0.2) is 37.4 Å². The van der Waals surface area contributed by atoms with Crippen LogP contribution >= 0.6 is 0 Å². The van der Waals surface area contributed by atoms with E-state index in [2.05, 4.69) is 30.1 Å². The van der Waals surface area contributed by atoms with Crippen molar-refractivity contribution in [2.45, 2.75) is 32.9 Å². The summed E-state index contributed by atoms with van der Waals surface area (Å²) in [4.78, 5) is 2.56. The average Bonchev–Trinajstić information content (AvgIpc) is 3.07. The molecule has 1 aromatic rings. The Morgan fingerprint density at radius 1 is 1.35 bits per heavy atom. The molecule has 4 heteroatoms. The summed E-state index contributed by atoms with van der Waals surface area (Å²) in [6, 6.07) is 6.77. The molecule has 1 unspecified atom stereocenters. The molecule has 1 aromatic carbocycles. The zero-order chi connectivity index (χ0) is 13.9. The van der Waals surface area contributed by atoms with Crippen molar-refractivity contribution in [1.82, 2.24) is 10.2 Å². The number of nitrogens with one attached hydrogen (secondary N) is 1. The summed E-state index contributed by atoms with van der Waals surface area (Å²) in [7, 11) is 0. The minimum atomic E-state index is 0.346. The van der Waals surface area contributed by atoms with Gasteiger partial charge in [-0.3, -0.25) is 0 Å². The third-order valence-electron chi connectivity index (χ3n) is 4.27. The molecule has 3 rings (SSSR count). The van der Waals surface area contributed by atoms with E-state index in [9.17, 15) is 0 Å². The first kappa shape index (κ1) is 13.7. The number of hydrogen-bond acceptors (Lipinski definition) is 4. The van der Waals surface area contributed by atoms with Gasteiger partial charge in [0.2, 0.25) is 6.79 Å². The van der Waals surface area contributed by atoms with Crippen LogP contribution in [0.5, 0.6) is 11.5 Å². The second-order valence-electron chi connectivity index (χ2n) is 6.03. The van der Waals surface area contributed by atoms with Crippen LogP contribution in [0.3, 0.4) is 0 Å². The zero-order valence-corrected chi connectivity index (χ0v) is 12.4. The molecule has 2 aliphatic heterocycles. The SMILES string of the molecule is CC(C)N1CCC(CNCc2cccc3c2OCO3)C1. The maximum absolute atomic E-state index is 5.53. The summed E-state index contributed by atoms with van der Waals surface area (Å²) >= 11 is 0. The van der Waals surface area contributed by atoms with Crippen LogP contribution in [0.2, 0.25) is 0 Å². The Kier molecular flexibility index (Phi) is 4.13. The van der Waals surface area contributed by atoms with Crippen molar-refractivity contribution in [3.63, 3.8) is 0 Å². The third-order valence-corrected chi connectivity index (χ3v) is 4.27. The van der Waals surface area contributed by atoms with Crippen LogP contribution in [0.4, 0.5) is 0 Å². The van der Waals surface area contributed by atoms with E-state index in [1.165, 1.54) is 25.1 Å². The number of nitrogens with zero attached hydrogens (tertiary/aromatic N) is 1. The van der Waals surface area contributed by atoms with Crippen LogP contribution in [-0.2, 0) is 6.54 Å². The van der Waals surface area contributed by atoms with Crippen molar-refractivity contribution in [1.29, 1.82) is 0 Å². The molecule has 0 aliphatic carbocycles. The smallest absolute Gasteiger partial charge is 0.231 e. The molecule has 0 amide bonds. The molecule has 0 spiro atoms. The van der Waals surface area contributed by atoms with E-state index < -0.39 is 0 Å². The van der Waals surface area contributed by atoms with Crippen LogP contribution in [0, 0.1) is 5.92 Å². The minimum Gasteiger partial charge on any atom is -0.454 e. The molecular formula is C16H24N2O2. The molecule has 1 fully saturated rings. The third kappa shape index (κ3) is 2.91. The fourth-order valence-electron chi connectivity index (χ4n) is 3.04. The first-order chi connectivity index (χ1) is 9.74. The van der Waals surface area contributed by atoms with Gasteiger partial charge >= 0.3 is 0 Å². The molecule has 1 saturated heterocycles. The Balaban J connectivity index is 1.48. The number of ether oxygens (including phenoxy) is 2. The Morgan fingerprint density at radius 3 is 3.05 bits per heavy atom. The van der Waals surface area contributed by atoms with Gasteiger partial charge in [0.05, 0.1) is 0 Å². The molecule has 1 N–H and O–H groups in total. The molecular weight excluding hydrogens is 252 g/mol. The van der Waals surface area contributed by atoms with Gasteiger partial charge in [0.15, 0.2) is 11.5 Å². The average molecular weight is 276 g/mol. The normalized spacial score (nSPS) is 21.9. The molecule has 0 radical (unpaired) electrons. The molecule has 2 aliphatic rings. The van der Waals surface area contributed by atoms with E-state index >= 15 is 0 Å². The van der Waals surface area contributed by atoms with Gasteiger partial charge in [-0.2, -0.15) is 0 Å². The molecule has 2 heterocycles. The highest BCUT2D eigenvalue weighted by atomic mass is 16.7. The Morgan fingerprint density at radius 2 is 2.25 bits per heavy atom. The predicted molar refractivity (Wildman–Crippen MR) is 79.1 cm³/mol. The summed E-state index contributed by atoms with van der Waals surface area (Å²) in [6.07, 6.45) is 1.30. The van der Waals surface area contributed by atoms with Gasteiger partial charge < -0.3 is 19.7 Å². The van der Waals surface area contributed by atoms with E-state index in [0.717, 1.165) is 30.5 Å². The van der Waals surface area contributed by atoms with Gasteiger partial charge in [0.1, 0.15) is 0 Å². The van der Waals surface area contributed by atoms with Gasteiger partial charge in [0.25, 0.3) is 0 Å². The van der Waals surface area contributed by atoms with Crippen molar-refractivity contribution < 1.29 is 9.47 Å². The summed E-state index contributed by atoms with van der Waals surface area (Å²) in [5.41, 5.74) is 1.19. The Bertz CT molecular complexity index is 462. The lowest BCUT2D eigenvalue weighted by Crippen LogP contribution is -2.30. The van der Waals surface area contributed by atoms with Crippen molar-refractivity contribution in [3.8, 4) is 11.5 Å². The van der Waals surface area contributed by atoms with Gasteiger partial charge in [-0.25, -0.2) is 0 Å². The number of likely N-dealkylation sites (tertiary alicyclic amines) is 1. The van der Waals surface area contributed by atoms with E-state index in [0.29, 0.717) is 12.8 Å². The van der Waals surface area contributed by atoms with E-state index in [-0.39, 0.29) is 0 Å². The fourth-order valence-corrected chi connectivity index (χ4v) is 3.04. The van der Waals surface area contributed by atoms with Crippen LogP contribution in [0.1, 0.15) is 25.8 Å². The molecule has 4 nitrogen and oxygen atoms in total. The van der Waals surface area contributed by atoms with E-state index in [4.69, 9.17) is 9.47 Å². The van der Waals surface area contributed by atoms with Crippen LogP contribution in [0.25, 0.3) is 0 Å².